The van der Waals surface area contributed by atoms with Crippen molar-refractivity contribution in [1.29, 1.82) is 0 Å². The van der Waals surface area contributed by atoms with Gasteiger partial charge in [-0.25, -0.2) is 9.50 Å². The molecule has 4 nitrogen and oxygen atoms in total. The number of nitrogens with two attached hydrogens (primary N) is 1. The summed E-state index contributed by atoms with van der Waals surface area (Å²) in [6.45, 7) is 2.60. The second-order valence-corrected chi connectivity index (χ2v) is 4.09. The van der Waals surface area contributed by atoms with Gasteiger partial charge in [-0.1, -0.05) is 0 Å². The summed E-state index contributed by atoms with van der Waals surface area (Å²) in [5.74, 6) is 0.800. The molecule has 2 aromatic rings. The highest BCUT2D eigenvalue weighted by Crippen LogP contribution is 2.15. The lowest BCUT2D eigenvalue weighted by Crippen LogP contribution is -2.04. The van der Waals surface area contributed by atoms with Crippen LogP contribution in [0.3, 0.4) is 0 Å². The number of hydrogen-bond donors (Lipinski definition) is 1. The number of pyridine rings is 1. The molecule has 14 heavy (non-hydrogen) atoms. The maximum absolute atomic E-state index is 5.45. The third kappa shape index (κ3) is 1.65. The highest BCUT2D eigenvalue weighted by atomic mass is 79.9. The van der Waals surface area contributed by atoms with Crippen LogP contribution in [0.15, 0.2) is 16.7 Å². The Kier molecular flexibility index (Phi) is 2.52. The molecular formula is C9H11BrN4. The Morgan fingerprint density at radius 2 is 2.36 bits per heavy atom. The van der Waals surface area contributed by atoms with Gasteiger partial charge in [0.2, 0.25) is 0 Å². The molecular weight excluding hydrogens is 244 g/mol. The zero-order valence-corrected chi connectivity index (χ0v) is 9.45. The van der Waals surface area contributed by atoms with Crippen molar-refractivity contribution in [2.75, 3.05) is 6.54 Å². The molecule has 0 fully saturated rings. The number of fused-ring (bicyclic) bond motifs is 1. The van der Waals surface area contributed by atoms with Crippen molar-refractivity contribution >= 4 is 21.6 Å². The summed E-state index contributed by atoms with van der Waals surface area (Å²) in [4.78, 5) is 4.39. The number of hydrogen-bond acceptors (Lipinski definition) is 3. The van der Waals surface area contributed by atoms with Crippen LogP contribution in [0.4, 0.5) is 0 Å². The molecule has 74 valence electrons. The van der Waals surface area contributed by atoms with Crippen LogP contribution >= 0.6 is 15.9 Å². The minimum Gasteiger partial charge on any atom is -0.330 e. The summed E-state index contributed by atoms with van der Waals surface area (Å²) in [5, 5.41) is 4.32. The van der Waals surface area contributed by atoms with E-state index in [1.165, 1.54) is 0 Å². The van der Waals surface area contributed by atoms with Crippen molar-refractivity contribution in [1.82, 2.24) is 14.6 Å². The Morgan fingerprint density at radius 1 is 1.57 bits per heavy atom. The molecule has 2 N–H and O–H groups in total. The first-order chi connectivity index (χ1) is 6.70. The lowest BCUT2D eigenvalue weighted by molar-refractivity contribution is 0.842. The van der Waals surface area contributed by atoms with Crippen LogP contribution in [-0.2, 0) is 6.42 Å². The lowest BCUT2D eigenvalue weighted by atomic mass is 10.3. The zero-order chi connectivity index (χ0) is 10.1. The molecule has 0 radical (unpaired) electrons. The number of aryl methyl sites for hydroxylation is 1. The fourth-order valence-corrected chi connectivity index (χ4v) is 1.92. The van der Waals surface area contributed by atoms with E-state index in [4.69, 9.17) is 5.73 Å². The van der Waals surface area contributed by atoms with E-state index < -0.39 is 0 Å². The van der Waals surface area contributed by atoms with E-state index in [0.717, 1.165) is 27.9 Å². The molecule has 0 aromatic carbocycles. The monoisotopic (exact) mass is 254 g/mol. The maximum atomic E-state index is 5.45. The van der Waals surface area contributed by atoms with Crippen LogP contribution in [0, 0.1) is 6.92 Å². The van der Waals surface area contributed by atoms with Crippen LogP contribution in [0.5, 0.6) is 0 Å². The third-order valence-corrected chi connectivity index (χ3v) is 2.43. The molecule has 0 unspecified atom stereocenters. The first kappa shape index (κ1) is 9.61. The van der Waals surface area contributed by atoms with Crippen molar-refractivity contribution in [3.05, 3.63) is 28.1 Å². The van der Waals surface area contributed by atoms with Crippen LogP contribution < -0.4 is 5.73 Å². The zero-order valence-electron chi connectivity index (χ0n) is 7.87. The molecule has 0 aliphatic heterocycles. The summed E-state index contributed by atoms with van der Waals surface area (Å²) >= 11 is 3.42. The highest BCUT2D eigenvalue weighted by molar-refractivity contribution is 9.10. The van der Waals surface area contributed by atoms with Crippen LogP contribution in [-0.4, -0.2) is 21.1 Å². The molecule has 2 aromatic heterocycles. The summed E-state index contributed by atoms with van der Waals surface area (Å²) in [6.07, 6.45) is 2.62. The molecule has 0 spiro atoms. The molecule has 0 amide bonds. The molecule has 0 aliphatic carbocycles. The molecule has 0 bridgehead atoms. The van der Waals surface area contributed by atoms with E-state index in [2.05, 4.69) is 26.0 Å². The van der Waals surface area contributed by atoms with Crippen molar-refractivity contribution in [2.45, 2.75) is 13.3 Å². The Bertz CT molecular complexity index is 463. The first-order valence-corrected chi connectivity index (χ1v) is 5.21. The third-order valence-electron chi connectivity index (χ3n) is 2.00. The van der Waals surface area contributed by atoms with Crippen molar-refractivity contribution in [2.24, 2.45) is 5.73 Å². The number of aromatic nitrogens is 3. The summed E-state index contributed by atoms with van der Waals surface area (Å²) in [5.41, 5.74) is 7.46. The predicted octanol–water partition coefficient (Wildman–Crippen LogP) is 1.30. The largest absolute Gasteiger partial charge is 0.330 e. The van der Waals surface area contributed by atoms with Crippen LogP contribution in [0.1, 0.15) is 11.4 Å². The van der Waals surface area contributed by atoms with Gasteiger partial charge >= 0.3 is 0 Å². The Hall–Kier alpha value is -0.940. The van der Waals surface area contributed by atoms with Crippen LogP contribution in [0.2, 0.25) is 0 Å². The van der Waals surface area contributed by atoms with Crippen molar-refractivity contribution in [3.8, 4) is 0 Å². The van der Waals surface area contributed by atoms with Gasteiger partial charge in [0, 0.05) is 17.1 Å². The van der Waals surface area contributed by atoms with E-state index in [0.29, 0.717) is 6.54 Å². The number of halogens is 1. The minimum absolute atomic E-state index is 0.580. The predicted molar refractivity (Wildman–Crippen MR) is 58.2 cm³/mol. The summed E-state index contributed by atoms with van der Waals surface area (Å²) in [7, 11) is 0. The average molecular weight is 255 g/mol. The van der Waals surface area contributed by atoms with E-state index >= 15 is 0 Å². The quantitative estimate of drug-likeness (QED) is 0.879. The first-order valence-electron chi connectivity index (χ1n) is 4.42. The second-order valence-electron chi connectivity index (χ2n) is 3.18. The number of nitrogens with zero attached hydrogens (tertiary/aromatic N) is 3. The van der Waals surface area contributed by atoms with Crippen molar-refractivity contribution < 1.29 is 0 Å². The van der Waals surface area contributed by atoms with Gasteiger partial charge in [0.25, 0.3) is 0 Å². The van der Waals surface area contributed by atoms with Gasteiger partial charge in [-0.05, 0) is 41.0 Å². The highest BCUT2D eigenvalue weighted by Gasteiger charge is 2.05. The molecule has 5 heteroatoms. The van der Waals surface area contributed by atoms with Gasteiger partial charge < -0.3 is 5.73 Å². The van der Waals surface area contributed by atoms with E-state index in [1.807, 2.05) is 19.2 Å². The van der Waals surface area contributed by atoms with Gasteiger partial charge in [-0.3, -0.25) is 0 Å². The smallest absolute Gasteiger partial charge is 0.158 e. The van der Waals surface area contributed by atoms with E-state index in [9.17, 15) is 0 Å². The van der Waals surface area contributed by atoms with E-state index in [1.54, 1.807) is 4.52 Å². The lowest BCUT2D eigenvalue weighted by Gasteiger charge is -1.96. The standard InChI is InChI=1S/C9H11BrN4/c1-6-4-7(10)5-14-9(6)12-8(13-14)2-3-11/h4-5H,2-3,11H2,1H3. The second kappa shape index (κ2) is 3.67. The fraction of sp³-hybridized carbons (Fsp3) is 0.333. The Labute approximate surface area is 90.3 Å². The maximum Gasteiger partial charge on any atom is 0.158 e. The fourth-order valence-electron chi connectivity index (χ4n) is 1.39. The molecule has 2 rings (SSSR count). The molecule has 0 atom stereocenters. The normalized spacial score (nSPS) is 11.1. The van der Waals surface area contributed by atoms with Gasteiger partial charge in [0.05, 0.1) is 0 Å². The topological polar surface area (TPSA) is 56.2 Å². The van der Waals surface area contributed by atoms with Crippen molar-refractivity contribution in [3.63, 3.8) is 0 Å². The van der Waals surface area contributed by atoms with Gasteiger partial charge in [0.1, 0.15) is 0 Å². The minimum atomic E-state index is 0.580. The van der Waals surface area contributed by atoms with E-state index in [-0.39, 0.29) is 0 Å². The average Bonchev–Trinajstić information content (AvgIpc) is 2.48. The summed E-state index contributed by atoms with van der Waals surface area (Å²) in [6, 6.07) is 2.02. The molecule has 0 aliphatic rings. The number of rotatable bonds is 2. The molecule has 2 heterocycles. The van der Waals surface area contributed by atoms with Gasteiger partial charge in [-0.2, -0.15) is 5.10 Å². The van der Waals surface area contributed by atoms with Gasteiger partial charge in [-0.15, -0.1) is 0 Å². The Morgan fingerprint density at radius 3 is 3.07 bits per heavy atom. The van der Waals surface area contributed by atoms with Gasteiger partial charge in [0.15, 0.2) is 11.5 Å². The molecule has 0 saturated carbocycles. The summed E-state index contributed by atoms with van der Waals surface area (Å²) < 4.78 is 2.79. The molecule has 0 saturated heterocycles. The van der Waals surface area contributed by atoms with Crippen LogP contribution in [0.25, 0.3) is 5.65 Å². The SMILES string of the molecule is Cc1cc(Br)cn2nc(CCN)nc12. The Balaban J connectivity index is 2.58.